The lowest BCUT2D eigenvalue weighted by molar-refractivity contribution is 0.368. The van der Waals surface area contributed by atoms with Gasteiger partial charge in [0, 0.05) is 10.8 Å². The summed E-state index contributed by atoms with van der Waals surface area (Å²) in [6, 6.07) is 11.4. The van der Waals surface area contributed by atoms with Crippen LogP contribution in [0.5, 0.6) is 11.8 Å². The normalized spacial score (nSPS) is 10.8. The molecule has 1 aromatic carbocycles. The standard InChI is InChI=1S/C20H19ClN6O3S/c1-28-18-16(19(29-2)23-12-22-18)27-17(15-4-3-10-30-15)24-25-20(27)26-31-11-9-13-5-7-14(21)8-6-13/h3-8,10,12H,9,11H2,1-2H3,(H,25,26). The fourth-order valence-corrected chi connectivity index (χ4v) is 3.73. The first-order chi connectivity index (χ1) is 15.2. The third-order valence-corrected chi connectivity index (χ3v) is 5.33. The predicted molar refractivity (Wildman–Crippen MR) is 119 cm³/mol. The smallest absolute Gasteiger partial charge is 0.245 e. The lowest BCUT2D eigenvalue weighted by Crippen LogP contribution is -2.09. The van der Waals surface area contributed by atoms with Crippen LogP contribution < -0.4 is 14.2 Å². The van der Waals surface area contributed by atoms with Gasteiger partial charge in [0.15, 0.2) is 11.4 Å². The van der Waals surface area contributed by atoms with Crippen molar-refractivity contribution >= 4 is 29.5 Å². The van der Waals surface area contributed by atoms with Crippen molar-refractivity contribution in [3.05, 3.63) is 59.6 Å². The number of rotatable bonds is 9. The Balaban J connectivity index is 1.63. The summed E-state index contributed by atoms with van der Waals surface area (Å²) in [6.07, 6.45) is 3.79. The van der Waals surface area contributed by atoms with E-state index in [1.807, 2.05) is 24.3 Å². The third-order valence-electron chi connectivity index (χ3n) is 4.34. The second-order valence-corrected chi connectivity index (χ2v) is 7.57. The second kappa shape index (κ2) is 9.71. The number of halogens is 1. The molecule has 1 N–H and O–H groups in total. The van der Waals surface area contributed by atoms with Gasteiger partial charge < -0.3 is 13.9 Å². The van der Waals surface area contributed by atoms with Crippen LogP contribution in [0.3, 0.4) is 0 Å². The average Bonchev–Trinajstić information content (AvgIpc) is 3.47. The van der Waals surface area contributed by atoms with Gasteiger partial charge in [-0.05, 0) is 48.2 Å². The van der Waals surface area contributed by atoms with Gasteiger partial charge in [-0.15, -0.1) is 10.2 Å². The molecule has 0 aliphatic rings. The quantitative estimate of drug-likeness (QED) is 0.290. The number of anilines is 1. The molecule has 4 aromatic rings. The number of ether oxygens (including phenoxy) is 2. The maximum absolute atomic E-state index is 5.95. The Morgan fingerprint density at radius 3 is 2.45 bits per heavy atom. The van der Waals surface area contributed by atoms with Crippen LogP contribution >= 0.6 is 23.5 Å². The number of benzene rings is 1. The van der Waals surface area contributed by atoms with Crippen LogP contribution in [0.25, 0.3) is 17.3 Å². The molecule has 0 unspecified atom stereocenters. The maximum Gasteiger partial charge on any atom is 0.245 e. The van der Waals surface area contributed by atoms with Crippen LogP contribution in [0.4, 0.5) is 5.95 Å². The Hall–Kier alpha value is -3.24. The number of methoxy groups -OCH3 is 2. The number of nitrogens with zero attached hydrogens (tertiary/aromatic N) is 5. The van der Waals surface area contributed by atoms with Gasteiger partial charge in [-0.25, -0.2) is 4.57 Å². The molecule has 0 bridgehead atoms. The Morgan fingerprint density at radius 2 is 1.81 bits per heavy atom. The molecule has 4 rings (SSSR count). The highest BCUT2D eigenvalue weighted by molar-refractivity contribution is 8.00. The minimum atomic E-state index is 0.314. The van der Waals surface area contributed by atoms with E-state index in [0.29, 0.717) is 35.0 Å². The second-order valence-electron chi connectivity index (χ2n) is 6.23. The molecule has 0 fully saturated rings. The van der Waals surface area contributed by atoms with Gasteiger partial charge in [0.1, 0.15) is 6.33 Å². The van der Waals surface area contributed by atoms with E-state index >= 15 is 0 Å². The first-order valence-electron chi connectivity index (χ1n) is 9.26. The largest absolute Gasteiger partial charge is 0.479 e. The van der Waals surface area contributed by atoms with Crippen molar-refractivity contribution in [3.63, 3.8) is 0 Å². The highest BCUT2D eigenvalue weighted by Gasteiger charge is 2.25. The summed E-state index contributed by atoms with van der Waals surface area (Å²) in [5.41, 5.74) is 1.65. The van der Waals surface area contributed by atoms with E-state index in [-0.39, 0.29) is 0 Å². The van der Waals surface area contributed by atoms with Crippen LogP contribution in [-0.2, 0) is 6.42 Å². The van der Waals surface area contributed by atoms with E-state index in [1.54, 1.807) is 23.0 Å². The SMILES string of the molecule is COc1ncnc(OC)c1-n1c(NSCCc2ccc(Cl)cc2)nnc1-c1ccco1. The fraction of sp³-hybridized carbons (Fsp3) is 0.200. The van der Waals surface area contributed by atoms with Crippen molar-refractivity contribution < 1.29 is 13.9 Å². The molecular weight excluding hydrogens is 440 g/mol. The summed E-state index contributed by atoms with van der Waals surface area (Å²) in [5.74, 6) is 2.86. The molecule has 0 saturated heterocycles. The van der Waals surface area contributed by atoms with Crippen LogP contribution in [0.1, 0.15) is 5.56 Å². The average molecular weight is 459 g/mol. The topological polar surface area (TPSA) is 100 Å². The molecule has 3 aromatic heterocycles. The summed E-state index contributed by atoms with van der Waals surface area (Å²) in [6.45, 7) is 0. The number of aromatic nitrogens is 5. The summed E-state index contributed by atoms with van der Waals surface area (Å²) < 4.78 is 21.4. The zero-order valence-electron chi connectivity index (χ0n) is 16.8. The number of hydrogen-bond donors (Lipinski definition) is 1. The zero-order valence-corrected chi connectivity index (χ0v) is 18.4. The number of nitrogens with one attached hydrogen (secondary N) is 1. The molecule has 0 amide bonds. The van der Waals surface area contributed by atoms with Crippen molar-refractivity contribution in [1.82, 2.24) is 24.7 Å². The molecule has 0 aliphatic heterocycles. The highest BCUT2D eigenvalue weighted by Crippen LogP contribution is 2.35. The first-order valence-corrected chi connectivity index (χ1v) is 10.6. The summed E-state index contributed by atoms with van der Waals surface area (Å²) in [5, 5.41) is 9.31. The van der Waals surface area contributed by atoms with Crippen molar-refractivity contribution in [2.24, 2.45) is 0 Å². The van der Waals surface area contributed by atoms with Gasteiger partial charge in [-0.2, -0.15) is 9.97 Å². The minimum absolute atomic E-state index is 0.314. The Morgan fingerprint density at radius 1 is 1.06 bits per heavy atom. The van der Waals surface area contributed by atoms with Gasteiger partial charge in [0.2, 0.25) is 23.5 Å². The number of aryl methyl sites for hydroxylation is 1. The van der Waals surface area contributed by atoms with Crippen LogP contribution in [0.2, 0.25) is 5.02 Å². The number of furan rings is 1. The van der Waals surface area contributed by atoms with Crippen molar-refractivity contribution in [1.29, 1.82) is 0 Å². The van der Waals surface area contributed by atoms with Gasteiger partial charge in [0.05, 0.1) is 20.5 Å². The van der Waals surface area contributed by atoms with Gasteiger partial charge in [-0.1, -0.05) is 23.7 Å². The predicted octanol–water partition coefficient (Wildman–Crippen LogP) is 4.29. The Labute approximate surface area is 187 Å². The Kier molecular flexibility index (Phi) is 6.58. The van der Waals surface area contributed by atoms with E-state index in [9.17, 15) is 0 Å². The monoisotopic (exact) mass is 458 g/mol. The minimum Gasteiger partial charge on any atom is -0.479 e. The van der Waals surface area contributed by atoms with Crippen molar-refractivity contribution in [2.45, 2.75) is 6.42 Å². The van der Waals surface area contributed by atoms with E-state index in [1.165, 1.54) is 38.1 Å². The van der Waals surface area contributed by atoms with E-state index in [2.05, 4.69) is 24.9 Å². The molecule has 31 heavy (non-hydrogen) atoms. The Bertz CT molecular complexity index is 1110. The summed E-state index contributed by atoms with van der Waals surface area (Å²) in [7, 11) is 3.05. The van der Waals surface area contributed by atoms with Gasteiger partial charge >= 0.3 is 0 Å². The molecule has 0 atom stereocenters. The summed E-state index contributed by atoms with van der Waals surface area (Å²) in [4.78, 5) is 8.41. The zero-order chi connectivity index (χ0) is 21.6. The molecule has 3 heterocycles. The highest BCUT2D eigenvalue weighted by atomic mass is 35.5. The van der Waals surface area contributed by atoms with Crippen molar-refractivity contribution in [2.75, 3.05) is 24.7 Å². The maximum atomic E-state index is 5.95. The van der Waals surface area contributed by atoms with Crippen LogP contribution in [0.15, 0.2) is 53.4 Å². The van der Waals surface area contributed by atoms with Gasteiger partial charge in [-0.3, -0.25) is 4.72 Å². The molecule has 160 valence electrons. The van der Waals surface area contributed by atoms with Crippen LogP contribution in [0, 0.1) is 0 Å². The lowest BCUT2D eigenvalue weighted by atomic mass is 10.2. The van der Waals surface area contributed by atoms with E-state index < -0.39 is 0 Å². The molecular formula is C20H19ClN6O3S. The summed E-state index contributed by atoms with van der Waals surface area (Å²) >= 11 is 7.44. The van der Waals surface area contributed by atoms with E-state index in [0.717, 1.165) is 17.2 Å². The molecule has 0 aliphatic carbocycles. The molecule has 9 nitrogen and oxygen atoms in total. The van der Waals surface area contributed by atoms with Crippen molar-refractivity contribution in [3.8, 4) is 29.0 Å². The molecule has 11 heteroatoms. The number of hydrogen-bond acceptors (Lipinski definition) is 9. The molecule has 0 radical (unpaired) electrons. The third kappa shape index (κ3) is 4.59. The fourth-order valence-electron chi connectivity index (χ4n) is 2.90. The first kappa shape index (κ1) is 21.0. The van der Waals surface area contributed by atoms with Gasteiger partial charge in [0.25, 0.3) is 0 Å². The van der Waals surface area contributed by atoms with Crippen LogP contribution in [-0.4, -0.2) is 44.7 Å². The van der Waals surface area contributed by atoms with E-state index in [4.69, 9.17) is 25.5 Å². The molecule has 0 saturated carbocycles. The lowest BCUT2D eigenvalue weighted by Gasteiger charge is -2.15. The molecule has 0 spiro atoms.